The number of urea groups is 1. The average molecular weight is 437 g/mol. The van der Waals surface area contributed by atoms with Crippen molar-refractivity contribution in [2.75, 3.05) is 20.3 Å². The molecule has 1 aliphatic heterocycles. The number of carbonyl (C=O) groups excluding carboxylic acids is 3. The molecule has 3 amide bonds. The number of imide groups is 1. The maximum absolute atomic E-state index is 13.2. The third-order valence-electron chi connectivity index (χ3n) is 6.13. The summed E-state index contributed by atoms with van der Waals surface area (Å²) in [6, 6.07) is 10.3. The van der Waals surface area contributed by atoms with Crippen molar-refractivity contribution < 1.29 is 23.5 Å². The number of carbonyl (C=O) groups is 3. The zero-order valence-electron chi connectivity index (χ0n) is 18.9. The van der Waals surface area contributed by atoms with Crippen LogP contribution in [-0.2, 0) is 15.1 Å². The van der Waals surface area contributed by atoms with Crippen LogP contribution in [0.4, 0.5) is 4.79 Å². The van der Waals surface area contributed by atoms with E-state index < -0.39 is 17.5 Å². The van der Waals surface area contributed by atoms with E-state index in [1.54, 1.807) is 32.2 Å². The second-order valence-corrected chi connectivity index (χ2v) is 8.48. The summed E-state index contributed by atoms with van der Waals surface area (Å²) in [5.41, 5.74) is 1.44. The minimum atomic E-state index is -1.37. The summed E-state index contributed by atoms with van der Waals surface area (Å²) in [4.78, 5) is 40.0. The van der Waals surface area contributed by atoms with E-state index in [4.69, 9.17) is 9.15 Å². The number of hydrogen-bond acceptors (Lipinski definition) is 5. The molecule has 4 rings (SSSR count). The number of methoxy groups -OCH3 is 1. The first-order valence-electron chi connectivity index (χ1n) is 10.5. The summed E-state index contributed by atoms with van der Waals surface area (Å²) in [6.45, 7) is 7.54. The topological polar surface area (TPSA) is 93.8 Å². The molecule has 1 saturated heterocycles. The van der Waals surface area contributed by atoms with Crippen LogP contribution in [0.25, 0.3) is 11.0 Å². The first-order valence-corrected chi connectivity index (χ1v) is 10.5. The van der Waals surface area contributed by atoms with Gasteiger partial charge in [0.15, 0.2) is 11.3 Å². The Morgan fingerprint density at radius 2 is 1.94 bits per heavy atom. The van der Waals surface area contributed by atoms with Crippen LogP contribution in [0.15, 0.2) is 40.8 Å². The number of rotatable bonds is 7. The van der Waals surface area contributed by atoms with Gasteiger partial charge in [0, 0.05) is 29.4 Å². The molecule has 1 aromatic carbocycles. The van der Waals surface area contributed by atoms with Crippen LogP contribution in [0.3, 0.4) is 0 Å². The molecule has 2 atom stereocenters. The zero-order valence-corrected chi connectivity index (χ0v) is 18.9. The van der Waals surface area contributed by atoms with E-state index in [1.165, 1.54) is 0 Å². The molecular formula is C24H27N3O5. The van der Waals surface area contributed by atoms with Crippen molar-refractivity contribution in [3.05, 3.63) is 59.1 Å². The van der Waals surface area contributed by atoms with Gasteiger partial charge < -0.3 is 19.0 Å². The Hall–Kier alpha value is -3.39. The fourth-order valence-corrected chi connectivity index (χ4v) is 4.52. The van der Waals surface area contributed by atoms with Gasteiger partial charge in [0.05, 0.1) is 19.2 Å². The standard InChI is InChI=1S/C24H27N3O5/c1-14-10-18(16(3)27(14)15(2)13-31-5)19(28)12-26-22(29)24(4,25-23(26)30)21-11-17-8-6-7-9-20(17)32-21/h6-11,15H,12-13H2,1-5H3,(H,25,30)/t15-,24-/m1/s1. The highest BCUT2D eigenvalue weighted by Gasteiger charge is 2.51. The van der Waals surface area contributed by atoms with Gasteiger partial charge >= 0.3 is 6.03 Å². The Balaban J connectivity index is 1.59. The molecule has 1 N–H and O–H groups in total. The van der Waals surface area contributed by atoms with Crippen molar-refractivity contribution in [1.82, 2.24) is 14.8 Å². The molecule has 32 heavy (non-hydrogen) atoms. The fraction of sp³-hybridized carbons (Fsp3) is 0.375. The maximum atomic E-state index is 13.2. The van der Waals surface area contributed by atoms with Crippen LogP contribution in [0.5, 0.6) is 0 Å². The number of amides is 3. The van der Waals surface area contributed by atoms with Crippen molar-refractivity contribution in [3.63, 3.8) is 0 Å². The van der Waals surface area contributed by atoms with Crippen LogP contribution in [-0.4, -0.2) is 47.4 Å². The molecule has 168 valence electrons. The van der Waals surface area contributed by atoms with Gasteiger partial charge in [-0.15, -0.1) is 0 Å². The smallest absolute Gasteiger partial charge is 0.325 e. The van der Waals surface area contributed by atoms with Crippen molar-refractivity contribution in [2.45, 2.75) is 39.3 Å². The number of Topliss-reactive ketones (excluding diaryl/α,β-unsaturated/α-hetero) is 1. The Kier molecular flexibility index (Phi) is 5.42. The minimum absolute atomic E-state index is 0.0506. The van der Waals surface area contributed by atoms with Gasteiger partial charge in [0.1, 0.15) is 11.3 Å². The van der Waals surface area contributed by atoms with E-state index in [9.17, 15) is 14.4 Å². The number of fused-ring (bicyclic) bond motifs is 1. The molecule has 8 heteroatoms. The average Bonchev–Trinajstić information content (AvgIpc) is 3.37. The quantitative estimate of drug-likeness (QED) is 0.449. The highest BCUT2D eigenvalue weighted by molar-refractivity contribution is 6.11. The van der Waals surface area contributed by atoms with E-state index in [1.807, 2.05) is 43.5 Å². The summed E-state index contributed by atoms with van der Waals surface area (Å²) in [5, 5.41) is 3.53. The Bertz CT molecular complexity index is 1190. The highest BCUT2D eigenvalue weighted by Crippen LogP contribution is 2.33. The Morgan fingerprint density at radius 1 is 1.22 bits per heavy atom. The molecule has 3 heterocycles. The fourth-order valence-electron chi connectivity index (χ4n) is 4.52. The number of furan rings is 1. The second kappa shape index (κ2) is 7.94. The van der Waals surface area contributed by atoms with E-state index in [2.05, 4.69) is 5.32 Å². The van der Waals surface area contributed by atoms with Crippen molar-refractivity contribution in [2.24, 2.45) is 0 Å². The zero-order chi connectivity index (χ0) is 23.2. The molecule has 0 unspecified atom stereocenters. The number of para-hydroxylation sites is 1. The van der Waals surface area contributed by atoms with E-state index in [-0.39, 0.29) is 18.4 Å². The van der Waals surface area contributed by atoms with Crippen molar-refractivity contribution in [1.29, 1.82) is 0 Å². The SMILES string of the molecule is COC[C@@H](C)n1c(C)cc(C(=O)CN2C(=O)N[C@](C)(c3cc4ccccc4o3)C2=O)c1C. The summed E-state index contributed by atoms with van der Waals surface area (Å²) >= 11 is 0. The lowest BCUT2D eigenvalue weighted by Gasteiger charge is -2.19. The minimum Gasteiger partial charge on any atom is -0.458 e. The van der Waals surface area contributed by atoms with Gasteiger partial charge in [-0.25, -0.2) is 4.79 Å². The predicted octanol–water partition coefficient (Wildman–Crippen LogP) is 3.71. The third-order valence-corrected chi connectivity index (χ3v) is 6.13. The molecule has 0 aliphatic carbocycles. The predicted molar refractivity (Wildman–Crippen MR) is 119 cm³/mol. The van der Waals surface area contributed by atoms with Crippen LogP contribution < -0.4 is 5.32 Å². The number of nitrogens with zero attached hydrogens (tertiary/aromatic N) is 2. The maximum Gasteiger partial charge on any atom is 0.325 e. The lowest BCUT2D eigenvalue weighted by atomic mass is 9.98. The van der Waals surface area contributed by atoms with Crippen molar-refractivity contribution in [3.8, 4) is 0 Å². The van der Waals surface area contributed by atoms with Crippen LogP contribution in [0, 0.1) is 13.8 Å². The van der Waals surface area contributed by atoms with Crippen LogP contribution >= 0.6 is 0 Å². The summed E-state index contributed by atoms with van der Waals surface area (Å²) in [7, 11) is 1.63. The van der Waals surface area contributed by atoms with E-state index in [0.717, 1.165) is 21.7 Å². The molecule has 8 nitrogen and oxygen atoms in total. The lowest BCUT2D eigenvalue weighted by Crippen LogP contribution is -2.41. The van der Waals surface area contributed by atoms with Gasteiger partial charge in [0.25, 0.3) is 5.91 Å². The Morgan fingerprint density at radius 3 is 2.62 bits per heavy atom. The number of ether oxygens (including phenoxy) is 1. The monoisotopic (exact) mass is 437 g/mol. The first-order chi connectivity index (χ1) is 15.2. The summed E-state index contributed by atoms with van der Waals surface area (Å²) < 4.78 is 13.1. The molecule has 2 aromatic heterocycles. The number of aryl methyl sites for hydroxylation is 1. The summed E-state index contributed by atoms with van der Waals surface area (Å²) in [5.74, 6) is -0.485. The molecule has 0 spiro atoms. The largest absolute Gasteiger partial charge is 0.458 e. The van der Waals surface area contributed by atoms with Gasteiger partial charge in [-0.2, -0.15) is 0 Å². The van der Waals surface area contributed by atoms with E-state index >= 15 is 0 Å². The molecule has 1 fully saturated rings. The van der Waals surface area contributed by atoms with Crippen LogP contribution in [0.1, 0.15) is 47.4 Å². The van der Waals surface area contributed by atoms with Gasteiger partial charge in [-0.3, -0.25) is 14.5 Å². The van der Waals surface area contributed by atoms with Gasteiger partial charge in [-0.05, 0) is 45.9 Å². The normalized spacial score (nSPS) is 19.6. The molecular weight excluding hydrogens is 410 g/mol. The number of benzene rings is 1. The number of nitrogens with one attached hydrogen (secondary N) is 1. The van der Waals surface area contributed by atoms with Crippen molar-refractivity contribution >= 4 is 28.7 Å². The molecule has 0 bridgehead atoms. The number of ketones is 1. The molecule has 0 radical (unpaired) electrons. The van der Waals surface area contributed by atoms with Gasteiger partial charge in [-0.1, -0.05) is 18.2 Å². The third kappa shape index (κ3) is 3.40. The first kappa shape index (κ1) is 21.8. The molecule has 0 saturated carbocycles. The van der Waals surface area contributed by atoms with Crippen LogP contribution in [0.2, 0.25) is 0 Å². The lowest BCUT2D eigenvalue weighted by molar-refractivity contribution is -0.131. The molecule has 1 aliphatic rings. The molecule has 3 aromatic rings. The summed E-state index contributed by atoms with van der Waals surface area (Å²) in [6.07, 6.45) is 0. The second-order valence-electron chi connectivity index (χ2n) is 8.48. The Labute approximate surface area is 186 Å². The number of aromatic nitrogens is 1. The highest BCUT2D eigenvalue weighted by atomic mass is 16.5. The van der Waals surface area contributed by atoms with E-state index in [0.29, 0.717) is 23.5 Å². The van der Waals surface area contributed by atoms with Gasteiger partial charge in [0.2, 0.25) is 0 Å². The number of hydrogen-bond donors (Lipinski definition) is 1.